The molecule has 0 aliphatic rings. The predicted molar refractivity (Wildman–Crippen MR) is 89.5 cm³/mol. The molecule has 0 amide bonds. The molecule has 0 aliphatic carbocycles. The van der Waals surface area contributed by atoms with Gasteiger partial charge >= 0.3 is 5.97 Å². The smallest absolute Gasteiger partial charge is 0.345 e. The minimum atomic E-state index is -0.905. The summed E-state index contributed by atoms with van der Waals surface area (Å²) in [6, 6.07) is 7.30. The number of rotatable bonds is 5. The van der Waals surface area contributed by atoms with Crippen molar-refractivity contribution in [3.05, 3.63) is 62.3 Å². The highest BCUT2D eigenvalue weighted by Crippen LogP contribution is 2.28. The lowest BCUT2D eigenvalue weighted by Gasteiger charge is -2.09. The van der Waals surface area contributed by atoms with Crippen LogP contribution in [0.5, 0.6) is 0 Å². The van der Waals surface area contributed by atoms with Gasteiger partial charge in [0.25, 0.3) is 17.5 Å². The molecule has 3 rings (SSSR count). The van der Waals surface area contributed by atoms with Crippen molar-refractivity contribution in [1.82, 2.24) is 10.2 Å². The first-order valence-electron chi connectivity index (χ1n) is 6.98. The van der Waals surface area contributed by atoms with Gasteiger partial charge in [-0.2, -0.15) is 0 Å². The number of aromatic nitrogens is 2. The van der Waals surface area contributed by atoms with E-state index in [2.05, 4.69) is 10.2 Å². The first kappa shape index (κ1) is 17.1. The molecule has 1 unspecified atom stereocenters. The van der Waals surface area contributed by atoms with Crippen molar-refractivity contribution in [2.45, 2.75) is 13.0 Å². The van der Waals surface area contributed by atoms with E-state index in [-0.39, 0.29) is 16.5 Å². The summed E-state index contributed by atoms with van der Waals surface area (Å²) in [5, 5.41) is 20.8. The summed E-state index contributed by atoms with van der Waals surface area (Å²) in [7, 11) is 0. The monoisotopic (exact) mass is 379 g/mol. The van der Waals surface area contributed by atoms with E-state index in [9.17, 15) is 14.9 Å². The average molecular weight is 380 g/mol. The molecule has 0 saturated heterocycles. The minimum Gasteiger partial charge on any atom is -0.449 e. The molecule has 0 spiro atoms. The fraction of sp³-hybridized carbons (Fsp3) is 0.133. The second-order valence-corrected chi connectivity index (χ2v) is 6.27. The Labute approximate surface area is 150 Å². The number of nitrogens with zero attached hydrogens (tertiary/aromatic N) is 3. The van der Waals surface area contributed by atoms with E-state index in [1.54, 1.807) is 0 Å². The molecule has 0 saturated carbocycles. The lowest BCUT2D eigenvalue weighted by atomic mass is 10.2. The molecule has 25 heavy (non-hydrogen) atoms. The summed E-state index contributed by atoms with van der Waals surface area (Å²) in [6.07, 6.45) is -0.882. The van der Waals surface area contributed by atoms with Gasteiger partial charge in [-0.15, -0.1) is 21.5 Å². The Morgan fingerprint density at radius 2 is 2.20 bits per heavy atom. The number of esters is 1. The summed E-state index contributed by atoms with van der Waals surface area (Å²) < 4.78 is 10.7. The first-order valence-corrected chi connectivity index (χ1v) is 8.23. The van der Waals surface area contributed by atoms with Gasteiger partial charge in [0, 0.05) is 11.1 Å². The molecule has 2 aromatic heterocycles. The van der Waals surface area contributed by atoms with Crippen LogP contribution in [0.15, 0.2) is 40.1 Å². The summed E-state index contributed by atoms with van der Waals surface area (Å²) in [4.78, 5) is 23.4. The van der Waals surface area contributed by atoms with Gasteiger partial charge in [-0.05, 0) is 30.5 Å². The molecule has 128 valence electrons. The van der Waals surface area contributed by atoms with Gasteiger partial charge in [0.1, 0.15) is 5.56 Å². The fourth-order valence-corrected chi connectivity index (χ4v) is 2.82. The van der Waals surface area contributed by atoms with Crippen LogP contribution in [0, 0.1) is 10.1 Å². The Morgan fingerprint density at radius 3 is 2.88 bits per heavy atom. The molecule has 10 heteroatoms. The SMILES string of the molecule is CC(OC(=O)c1cc(Cl)ccc1[N+](=O)[O-])c1nnc(-c2cccs2)o1. The van der Waals surface area contributed by atoms with Crippen LogP contribution < -0.4 is 0 Å². The van der Waals surface area contributed by atoms with Crippen molar-refractivity contribution in [2.75, 3.05) is 0 Å². The zero-order valence-corrected chi connectivity index (χ0v) is 14.3. The maximum atomic E-state index is 12.3. The number of hydrogen-bond acceptors (Lipinski definition) is 8. The molecule has 0 fully saturated rings. The third-order valence-corrected chi connectivity index (χ3v) is 4.27. The molecular formula is C15H10ClN3O5S. The molecular weight excluding hydrogens is 370 g/mol. The van der Waals surface area contributed by atoms with Gasteiger partial charge in [0.2, 0.25) is 0 Å². The Balaban J connectivity index is 1.79. The molecule has 2 heterocycles. The van der Waals surface area contributed by atoms with Gasteiger partial charge in [-0.25, -0.2) is 4.79 Å². The van der Waals surface area contributed by atoms with E-state index >= 15 is 0 Å². The van der Waals surface area contributed by atoms with Crippen LogP contribution in [-0.4, -0.2) is 21.1 Å². The maximum Gasteiger partial charge on any atom is 0.345 e. The molecule has 8 nitrogen and oxygen atoms in total. The van der Waals surface area contributed by atoms with Crippen molar-refractivity contribution in [3.8, 4) is 10.8 Å². The second kappa shape index (κ2) is 6.99. The number of carbonyl (C=O) groups excluding carboxylic acids is 1. The topological polar surface area (TPSA) is 108 Å². The number of carbonyl (C=O) groups is 1. The molecule has 0 N–H and O–H groups in total. The van der Waals surface area contributed by atoms with Crippen LogP contribution in [0.4, 0.5) is 5.69 Å². The normalized spacial score (nSPS) is 11.9. The molecule has 0 aliphatic heterocycles. The lowest BCUT2D eigenvalue weighted by Crippen LogP contribution is -2.11. The highest BCUT2D eigenvalue weighted by molar-refractivity contribution is 7.13. The quantitative estimate of drug-likeness (QED) is 0.369. The van der Waals surface area contributed by atoms with Crippen LogP contribution in [0.2, 0.25) is 5.02 Å². The van der Waals surface area contributed by atoms with E-state index < -0.39 is 22.7 Å². The lowest BCUT2D eigenvalue weighted by molar-refractivity contribution is -0.385. The highest BCUT2D eigenvalue weighted by Gasteiger charge is 2.26. The summed E-state index contributed by atoms with van der Waals surface area (Å²) >= 11 is 7.23. The van der Waals surface area contributed by atoms with Gasteiger partial charge < -0.3 is 9.15 Å². The number of hydrogen-bond donors (Lipinski definition) is 0. The Bertz CT molecular complexity index is 925. The Hall–Kier alpha value is -2.78. The van der Waals surface area contributed by atoms with Crippen molar-refractivity contribution in [2.24, 2.45) is 0 Å². The Kier molecular flexibility index (Phi) is 4.77. The number of ether oxygens (including phenoxy) is 1. The van der Waals surface area contributed by atoms with Gasteiger partial charge in [-0.3, -0.25) is 10.1 Å². The first-order chi connectivity index (χ1) is 12.0. The number of nitro groups is 1. The molecule has 1 aromatic carbocycles. The van der Waals surface area contributed by atoms with Crippen LogP contribution in [0.3, 0.4) is 0 Å². The molecule has 0 bridgehead atoms. The zero-order chi connectivity index (χ0) is 18.0. The number of nitro benzene ring substituents is 1. The second-order valence-electron chi connectivity index (χ2n) is 4.89. The van der Waals surface area contributed by atoms with Gasteiger partial charge in [-0.1, -0.05) is 17.7 Å². The predicted octanol–water partition coefficient (Wildman–Crippen LogP) is 4.28. The van der Waals surface area contributed by atoms with Crippen molar-refractivity contribution in [1.29, 1.82) is 0 Å². The molecule has 3 aromatic rings. The number of thiophene rings is 1. The minimum absolute atomic E-state index is 0.0847. The van der Waals surface area contributed by atoms with E-state index in [4.69, 9.17) is 20.8 Å². The van der Waals surface area contributed by atoms with Crippen molar-refractivity contribution in [3.63, 3.8) is 0 Å². The van der Waals surface area contributed by atoms with E-state index in [0.717, 1.165) is 10.9 Å². The van der Waals surface area contributed by atoms with E-state index in [0.29, 0.717) is 5.89 Å². The largest absolute Gasteiger partial charge is 0.449 e. The molecule has 1 atom stereocenters. The molecule has 0 radical (unpaired) electrons. The third kappa shape index (κ3) is 3.67. The van der Waals surface area contributed by atoms with Crippen LogP contribution in [0.25, 0.3) is 10.8 Å². The van der Waals surface area contributed by atoms with Crippen molar-refractivity contribution < 1.29 is 18.9 Å². The van der Waals surface area contributed by atoms with E-state index in [1.807, 2.05) is 17.5 Å². The summed E-state index contributed by atoms with van der Waals surface area (Å²) in [5.41, 5.74) is -0.645. The number of benzene rings is 1. The Morgan fingerprint density at radius 1 is 1.40 bits per heavy atom. The maximum absolute atomic E-state index is 12.3. The standard InChI is InChI=1S/C15H10ClN3O5S/c1-8(13-17-18-14(24-13)12-3-2-6-25-12)23-15(20)10-7-9(16)4-5-11(10)19(21)22/h2-8H,1H3. The van der Waals surface area contributed by atoms with Gasteiger partial charge in [0.05, 0.1) is 9.80 Å². The summed E-state index contributed by atoms with van der Waals surface area (Å²) in [6.45, 7) is 1.53. The third-order valence-electron chi connectivity index (χ3n) is 3.18. The van der Waals surface area contributed by atoms with E-state index in [1.165, 1.54) is 30.4 Å². The zero-order valence-electron chi connectivity index (χ0n) is 12.7. The van der Waals surface area contributed by atoms with Crippen LogP contribution in [0.1, 0.15) is 29.3 Å². The fourth-order valence-electron chi connectivity index (χ4n) is 2.00. The van der Waals surface area contributed by atoms with Crippen LogP contribution >= 0.6 is 22.9 Å². The average Bonchev–Trinajstić information content (AvgIpc) is 3.25. The summed E-state index contributed by atoms with van der Waals surface area (Å²) in [5.74, 6) is -0.513. The highest BCUT2D eigenvalue weighted by atomic mass is 35.5. The van der Waals surface area contributed by atoms with Gasteiger partial charge in [0.15, 0.2) is 6.10 Å². The number of halogens is 1. The van der Waals surface area contributed by atoms with Crippen LogP contribution in [-0.2, 0) is 4.74 Å². The van der Waals surface area contributed by atoms with Crippen molar-refractivity contribution >= 4 is 34.6 Å².